The van der Waals surface area contributed by atoms with Crippen LogP contribution >= 0.6 is 0 Å². The standard InChI is InChI=1S/C14H17N3O2/c1-4-11-16-12(14(18)19-3)13(15)17(11)10-8-6-5-7-9(10)2/h5-8H,4,15H2,1-3H3. The Balaban J connectivity index is 2.66. The highest BCUT2D eigenvalue weighted by Crippen LogP contribution is 2.24. The molecule has 1 aromatic carbocycles. The monoisotopic (exact) mass is 259 g/mol. The summed E-state index contributed by atoms with van der Waals surface area (Å²) in [6, 6.07) is 7.83. The van der Waals surface area contributed by atoms with Crippen LogP contribution in [0.5, 0.6) is 0 Å². The molecule has 2 rings (SSSR count). The third kappa shape index (κ3) is 2.19. The molecule has 0 unspecified atom stereocenters. The molecule has 1 heterocycles. The van der Waals surface area contributed by atoms with Gasteiger partial charge in [0.25, 0.3) is 0 Å². The summed E-state index contributed by atoms with van der Waals surface area (Å²) in [5.41, 5.74) is 8.22. The van der Waals surface area contributed by atoms with E-state index in [4.69, 9.17) is 10.5 Å². The van der Waals surface area contributed by atoms with Gasteiger partial charge in [-0.15, -0.1) is 0 Å². The number of para-hydroxylation sites is 1. The molecular weight excluding hydrogens is 242 g/mol. The van der Waals surface area contributed by atoms with Gasteiger partial charge in [0.15, 0.2) is 5.69 Å². The second-order valence-corrected chi connectivity index (χ2v) is 4.23. The molecule has 5 nitrogen and oxygen atoms in total. The summed E-state index contributed by atoms with van der Waals surface area (Å²) in [4.78, 5) is 15.9. The van der Waals surface area contributed by atoms with Crippen molar-refractivity contribution in [3.63, 3.8) is 0 Å². The van der Waals surface area contributed by atoms with Gasteiger partial charge in [-0.3, -0.25) is 4.57 Å². The van der Waals surface area contributed by atoms with Gasteiger partial charge in [-0.2, -0.15) is 0 Å². The van der Waals surface area contributed by atoms with Crippen LogP contribution in [0, 0.1) is 6.92 Å². The van der Waals surface area contributed by atoms with Crippen molar-refractivity contribution in [3.05, 3.63) is 41.3 Å². The first-order valence-corrected chi connectivity index (χ1v) is 6.11. The number of nitrogens with two attached hydrogens (primary N) is 1. The minimum Gasteiger partial charge on any atom is -0.464 e. The normalized spacial score (nSPS) is 10.5. The van der Waals surface area contributed by atoms with E-state index in [0.717, 1.165) is 17.1 Å². The maximum absolute atomic E-state index is 11.7. The molecule has 100 valence electrons. The number of anilines is 1. The van der Waals surface area contributed by atoms with Crippen LogP contribution in [0.25, 0.3) is 5.69 Å². The average Bonchev–Trinajstić information content (AvgIpc) is 2.75. The Hall–Kier alpha value is -2.30. The number of nitrogen functional groups attached to an aromatic ring is 1. The van der Waals surface area contributed by atoms with Crippen LogP contribution in [0.4, 0.5) is 5.82 Å². The summed E-state index contributed by atoms with van der Waals surface area (Å²) in [6.45, 7) is 3.96. The van der Waals surface area contributed by atoms with E-state index in [2.05, 4.69) is 4.98 Å². The second-order valence-electron chi connectivity index (χ2n) is 4.23. The molecule has 0 saturated heterocycles. The van der Waals surface area contributed by atoms with E-state index in [1.807, 2.05) is 42.7 Å². The highest BCUT2D eigenvalue weighted by Gasteiger charge is 2.21. The number of methoxy groups -OCH3 is 1. The van der Waals surface area contributed by atoms with Gasteiger partial charge in [0.05, 0.1) is 12.8 Å². The molecule has 0 atom stereocenters. The fraction of sp³-hybridized carbons (Fsp3) is 0.286. The van der Waals surface area contributed by atoms with Crippen LogP contribution in [0.15, 0.2) is 24.3 Å². The zero-order chi connectivity index (χ0) is 14.0. The predicted molar refractivity (Wildman–Crippen MR) is 73.4 cm³/mol. The Kier molecular flexibility index (Phi) is 3.55. The first-order valence-electron chi connectivity index (χ1n) is 6.11. The molecule has 0 fully saturated rings. The summed E-state index contributed by atoms with van der Waals surface area (Å²) in [5, 5.41) is 0. The zero-order valence-electron chi connectivity index (χ0n) is 11.3. The lowest BCUT2D eigenvalue weighted by Crippen LogP contribution is -2.08. The number of hydrogen-bond acceptors (Lipinski definition) is 4. The molecule has 2 N–H and O–H groups in total. The maximum Gasteiger partial charge on any atom is 0.360 e. The fourth-order valence-corrected chi connectivity index (χ4v) is 2.05. The summed E-state index contributed by atoms with van der Waals surface area (Å²) in [5.74, 6) is 0.546. The average molecular weight is 259 g/mol. The SMILES string of the molecule is CCc1nc(C(=O)OC)c(N)n1-c1ccccc1C. The van der Waals surface area contributed by atoms with Crippen LogP contribution in [0.1, 0.15) is 28.8 Å². The first-order chi connectivity index (χ1) is 9.10. The van der Waals surface area contributed by atoms with Gasteiger partial charge >= 0.3 is 5.97 Å². The number of nitrogens with zero attached hydrogens (tertiary/aromatic N) is 2. The smallest absolute Gasteiger partial charge is 0.360 e. The Morgan fingerprint density at radius 3 is 2.68 bits per heavy atom. The highest BCUT2D eigenvalue weighted by atomic mass is 16.5. The van der Waals surface area contributed by atoms with Gasteiger partial charge in [-0.25, -0.2) is 9.78 Å². The number of aryl methyl sites for hydroxylation is 2. The van der Waals surface area contributed by atoms with E-state index in [-0.39, 0.29) is 5.69 Å². The van der Waals surface area contributed by atoms with E-state index in [1.54, 1.807) is 0 Å². The van der Waals surface area contributed by atoms with Crippen LogP contribution in [0.3, 0.4) is 0 Å². The van der Waals surface area contributed by atoms with Crippen molar-refractivity contribution in [2.24, 2.45) is 0 Å². The number of rotatable bonds is 3. The summed E-state index contributed by atoms with van der Waals surface area (Å²) >= 11 is 0. The lowest BCUT2D eigenvalue weighted by atomic mass is 10.2. The third-order valence-electron chi connectivity index (χ3n) is 3.03. The molecule has 2 aromatic rings. The van der Waals surface area contributed by atoms with Gasteiger partial charge in [0, 0.05) is 6.42 Å². The van der Waals surface area contributed by atoms with Crippen molar-refractivity contribution < 1.29 is 9.53 Å². The zero-order valence-corrected chi connectivity index (χ0v) is 11.3. The Bertz CT molecular complexity index is 617. The van der Waals surface area contributed by atoms with Crippen LogP contribution in [-0.2, 0) is 11.2 Å². The number of esters is 1. The number of carbonyl (C=O) groups is 1. The highest BCUT2D eigenvalue weighted by molar-refractivity contribution is 5.92. The summed E-state index contributed by atoms with van der Waals surface area (Å²) in [7, 11) is 1.32. The molecule has 0 aliphatic rings. The lowest BCUT2D eigenvalue weighted by Gasteiger charge is -2.11. The van der Waals surface area contributed by atoms with Crippen molar-refractivity contribution in [2.75, 3.05) is 12.8 Å². The number of hydrogen-bond donors (Lipinski definition) is 1. The van der Waals surface area contributed by atoms with Crippen LogP contribution in [0.2, 0.25) is 0 Å². The van der Waals surface area contributed by atoms with Crippen molar-refractivity contribution in [1.29, 1.82) is 0 Å². The number of aromatic nitrogens is 2. The van der Waals surface area contributed by atoms with E-state index >= 15 is 0 Å². The van der Waals surface area contributed by atoms with Crippen molar-refractivity contribution in [3.8, 4) is 5.69 Å². The number of carbonyl (C=O) groups excluding carboxylic acids is 1. The number of ether oxygens (including phenoxy) is 1. The molecule has 0 radical (unpaired) electrons. The predicted octanol–water partition coefficient (Wildman–Crippen LogP) is 2.11. The van der Waals surface area contributed by atoms with Crippen molar-refractivity contribution in [2.45, 2.75) is 20.3 Å². The molecule has 0 spiro atoms. The molecule has 0 bridgehead atoms. The number of imidazole rings is 1. The van der Waals surface area contributed by atoms with E-state index < -0.39 is 5.97 Å². The quantitative estimate of drug-likeness (QED) is 0.857. The third-order valence-corrected chi connectivity index (χ3v) is 3.03. The van der Waals surface area contributed by atoms with Crippen molar-refractivity contribution in [1.82, 2.24) is 9.55 Å². The van der Waals surface area contributed by atoms with Crippen molar-refractivity contribution >= 4 is 11.8 Å². The molecule has 0 aliphatic carbocycles. The molecule has 5 heteroatoms. The van der Waals surface area contributed by atoms with E-state index in [9.17, 15) is 4.79 Å². The topological polar surface area (TPSA) is 70.1 Å². The molecule has 1 aromatic heterocycles. The van der Waals surface area contributed by atoms with Crippen LogP contribution in [-0.4, -0.2) is 22.6 Å². The van der Waals surface area contributed by atoms with Gasteiger partial charge in [-0.1, -0.05) is 25.1 Å². The van der Waals surface area contributed by atoms with Gasteiger partial charge in [0.2, 0.25) is 0 Å². The minimum absolute atomic E-state index is 0.169. The first kappa shape index (κ1) is 13.1. The molecule has 0 amide bonds. The Labute approximate surface area is 112 Å². The van der Waals surface area contributed by atoms with Gasteiger partial charge in [-0.05, 0) is 18.6 Å². The molecule has 19 heavy (non-hydrogen) atoms. The lowest BCUT2D eigenvalue weighted by molar-refractivity contribution is 0.0596. The molecule has 0 aliphatic heterocycles. The summed E-state index contributed by atoms with van der Waals surface area (Å²) in [6.07, 6.45) is 0.676. The van der Waals surface area contributed by atoms with Gasteiger partial charge in [0.1, 0.15) is 11.6 Å². The second kappa shape index (κ2) is 5.14. The van der Waals surface area contributed by atoms with E-state index in [0.29, 0.717) is 12.2 Å². The fourth-order valence-electron chi connectivity index (χ4n) is 2.05. The summed E-state index contributed by atoms with van der Waals surface area (Å²) < 4.78 is 6.51. The van der Waals surface area contributed by atoms with Crippen LogP contribution < -0.4 is 5.73 Å². The van der Waals surface area contributed by atoms with E-state index in [1.165, 1.54) is 7.11 Å². The van der Waals surface area contributed by atoms with Gasteiger partial charge < -0.3 is 10.5 Å². The molecular formula is C14H17N3O2. The minimum atomic E-state index is -0.514. The maximum atomic E-state index is 11.7. The Morgan fingerprint density at radius 2 is 2.11 bits per heavy atom. The number of benzene rings is 1. The Morgan fingerprint density at radius 1 is 1.42 bits per heavy atom. The largest absolute Gasteiger partial charge is 0.464 e. The molecule has 0 saturated carbocycles.